The van der Waals surface area contributed by atoms with E-state index in [2.05, 4.69) is 17.1 Å². The van der Waals surface area contributed by atoms with Gasteiger partial charge in [-0.2, -0.15) is 0 Å². The zero-order valence-corrected chi connectivity index (χ0v) is 11.9. The lowest BCUT2D eigenvalue weighted by molar-refractivity contribution is -0.163. The Morgan fingerprint density at radius 2 is 2.32 bits per heavy atom. The lowest BCUT2D eigenvalue weighted by atomic mass is 9.83. The van der Waals surface area contributed by atoms with Crippen LogP contribution in [0.25, 0.3) is 0 Å². The van der Waals surface area contributed by atoms with Crippen LogP contribution >= 0.6 is 0 Å². The van der Waals surface area contributed by atoms with E-state index in [0.29, 0.717) is 19.4 Å². The smallest absolute Gasteiger partial charge is 0.324 e. The summed E-state index contributed by atoms with van der Waals surface area (Å²) in [4.78, 5) is 14.1. The summed E-state index contributed by atoms with van der Waals surface area (Å²) in [6.07, 6.45) is 4.38. The van der Waals surface area contributed by atoms with E-state index >= 15 is 0 Å². The summed E-state index contributed by atoms with van der Waals surface area (Å²) in [5.74, 6) is -0.668. The van der Waals surface area contributed by atoms with Gasteiger partial charge in [0, 0.05) is 32.7 Å². The molecule has 2 fully saturated rings. The molecular formula is C14H26N2O3. The summed E-state index contributed by atoms with van der Waals surface area (Å²) >= 11 is 0. The highest BCUT2D eigenvalue weighted by Crippen LogP contribution is 2.33. The van der Waals surface area contributed by atoms with Gasteiger partial charge in [0.25, 0.3) is 0 Å². The second kappa shape index (κ2) is 6.68. The highest BCUT2D eigenvalue weighted by Gasteiger charge is 2.47. The number of carbonyl (C=O) groups is 1. The number of rotatable bonds is 4. The van der Waals surface area contributed by atoms with Crippen molar-refractivity contribution in [3.63, 3.8) is 0 Å². The van der Waals surface area contributed by atoms with Crippen molar-refractivity contribution >= 4 is 5.97 Å². The summed E-state index contributed by atoms with van der Waals surface area (Å²) in [5.41, 5.74) is -0.704. The highest BCUT2D eigenvalue weighted by molar-refractivity contribution is 5.79. The maximum Gasteiger partial charge on any atom is 0.324 e. The van der Waals surface area contributed by atoms with Crippen LogP contribution in [0.1, 0.15) is 39.0 Å². The molecule has 5 heteroatoms. The molecule has 0 radical (unpaired) electrons. The van der Waals surface area contributed by atoms with E-state index in [1.165, 1.54) is 0 Å². The topological polar surface area (TPSA) is 61.8 Å². The van der Waals surface area contributed by atoms with Gasteiger partial charge in [-0.15, -0.1) is 0 Å². The molecular weight excluding hydrogens is 244 g/mol. The Bertz CT molecular complexity index is 301. The first-order chi connectivity index (χ1) is 9.19. The van der Waals surface area contributed by atoms with Crippen molar-refractivity contribution in [1.29, 1.82) is 0 Å². The van der Waals surface area contributed by atoms with Crippen LogP contribution in [0.4, 0.5) is 0 Å². The molecule has 2 saturated heterocycles. The predicted octanol–water partition coefficient (Wildman–Crippen LogP) is 1.08. The Morgan fingerprint density at radius 1 is 1.47 bits per heavy atom. The Labute approximate surface area is 115 Å². The van der Waals surface area contributed by atoms with E-state index in [0.717, 1.165) is 45.4 Å². The number of carboxylic acid groups (broad SMARTS) is 1. The van der Waals surface area contributed by atoms with Gasteiger partial charge in [-0.1, -0.05) is 13.3 Å². The van der Waals surface area contributed by atoms with Crippen LogP contribution in [0.2, 0.25) is 0 Å². The number of aliphatic carboxylic acids is 1. The summed E-state index contributed by atoms with van der Waals surface area (Å²) in [6.45, 7) is 6.26. The van der Waals surface area contributed by atoms with Crippen molar-refractivity contribution in [2.45, 2.75) is 50.7 Å². The van der Waals surface area contributed by atoms with Gasteiger partial charge in [-0.25, -0.2) is 0 Å². The number of carboxylic acids is 1. The van der Waals surface area contributed by atoms with Crippen LogP contribution in [0.5, 0.6) is 0 Å². The summed E-state index contributed by atoms with van der Waals surface area (Å²) in [6, 6.07) is 0. The van der Waals surface area contributed by atoms with Gasteiger partial charge in [0.1, 0.15) is 5.54 Å². The van der Waals surface area contributed by atoms with Crippen molar-refractivity contribution in [1.82, 2.24) is 10.2 Å². The summed E-state index contributed by atoms with van der Waals surface area (Å²) in [7, 11) is 0. The summed E-state index contributed by atoms with van der Waals surface area (Å²) < 4.78 is 5.74. The van der Waals surface area contributed by atoms with Crippen LogP contribution in [-0.2, 0) is 9.53 Å². The van der Waals surface area contributed by atoms with Gasteiger partial charge in [0.15, 0.2) is 0 Å². The Balaban J connectivity index is 2.13. The molecule has 5 nitrogen and oxygen atoms in total. The molecule has 19 heavy (non-hydrogen) atoms. The lowest BCUT2D eigenvalue weighted by Crippen LogP contribution is -2.60. The van der Waals surface area contributed by atoms with E-state index in [-0.39, 0.29) is 6.10 Å². The van der Waals surface area contributed by atoms with E-state index in [9.17, 15) is 9.90 Å². The van der Waals surface area contributed by atoms with Gasteiger partial charge in [0.2, 0.25) is 0 Å². The third-order valence-corrected chi connectivity index (χ3v) is 4.39. The summed E-state index contributed by atoms with van der Waals surface area (Å²) in [5, 5.41) is 13.1. The quantitative estimate of drug-likeness (QED) is 0.800. The van der Waals surface area contributed by atoms with Crippen LogP contribution in [0.15, 0.2) is 0 Å². The van der Waals surface area contributed by atoms with Crippen molar-refractivity contribution < 1.29 is 14.6 Å². The molecule has 2 N–H and O–H groups in total. The average molecular weight is 270 g/mol. The molecule has 0 aromatic carbocycles. The van der Waals surface area contributed by atoms with Crippen LogP contribution in [0.3, 0.4) is 0 Å². The van der Waals surface area contributed by atoms with Gasteiger partial charge < -0.3 is 15.2 Å². The average Bonchev–Trinajstić information content (AvgIpc) is 2.68. The first-order valence-corrected chi connectivity index (χ1v) is 7.50. The molecule has 0 aromatic rings. The number of hydrogen-bond donors (Lipinski definition) is 2. The fourth-order valence-corrected chi connectivity index (χ4v) is 3.33. The number of ether oxygens (including phenoxy) is 1. The first-order valence-electron chi connectivity index (χ1n) is 7.50. The third-order valence-electron chi connectivity index (χ3n) is 4.39. The van der Waals surface area contributed by atoms with E-state index < -0.39 is 11.5 Å². The van der Waals surface area contributed by atoms with Crippen molar-refractivity contribution in [3.05, 3.63) is 0 Å². The molecule has 0 amide bonds. The molecule has 2 unspecified atom stereocenters. The molecule has 2 aliphatic rings. The Kier molecular flexibility index (Phi) is 5.19. The van der Waals surface area contributed by atoms with E-state index in [1.54, 1.807) is 0 Å². The highest BCUT2D eigenvalue weighted by atomic mass is 16.5. The largest absolute Gasteiger partial charge is 0.480 e. The van der Waals surface area contributed by atoms with Crippen molar-refractivity contribution in [2.24, 2.45) is 0 Å². The molecule has 2 rings (SSSR count). The van der Waals surface area contributed by atoms with Gasteiger partial charge in [0.05, 0.1) is 6.10 Å². The maximum absolute atomic E-state index is 11.9. The minimum atomic E-state index is -0.704. The van der Waals surface area contributed by atoms with Crippen LogP contribution < -0.4 is 5.32 Å². The second-order valence-corrected chi connectivity index (χ2v) is 5.66. The minimum absolute atomic E-state index is 0.103. The SMILES string of the molecule is CCCC1CC(C(=O)O)(N2CCCNCC2)CCO1. The second-order valence-electron chi connectivity index (χ2n) is 5.66. The molecule has 2 atom stereocenters. The molecule has 2 heterocycles. The normalized spacial score (nSPS) is 33.8. The van der Waals surface area contributed by atoms with Gasteiger partial charge >= 0.3 is 5.97 Å². The lowest BCUT2D eigenvalue weighted by Gasteiger charge is -2.45. The van der Waals surface area contributed by atoms with Crippen LogP contribution in [0, 0.1) is 0 Å². The molecule has 110 valence electrons. The van der Waals surface area contributed by atoms with E-state index in [1.807, 2.05) is 0 Å². The molecule has 0 aromatic heterocycles. The number of nitrogens with zero attached hydrogens (tertiary/aromatic N) is 1. The molecule has 0 spiro atoms. The predicted molar refractivity (Wildman–Crippen MR) is 73.3 cm³/mol. The van der Waals surface area contributed by atoms with Crippen molar-refractivity contribution in [3.8, 4) is 0 Å². The van der Waals surface area contributed by atoms with E-state index in [4.69, 9.17) is 4.74 Å². The maximum atomic E-state index is 11.9. The standard InChI is InChI=1S/C14H26N2O3/c1-2-4-12-11-14(13(17)18,5-10-19-12)16-8-3-6-15-7-9-16/h12,15H,2-11H2,1H3,(H,17,18). The Hall–Kier alpha value is -0.650. The first kappa shape index (κ1) is 14.8. The van der Waals surface area contributed by atoms with Gasteiger partial charge in [-0.05, 0) is 25.8 Å². The third kappa shape index (κ3) is 3.27. The molecule has 2 aliphatic heterocycles. The zero-order valence-electron chi connectivity index (χ0n) is 11.9. The number of hydrogen-bond acceptors (Lipinski definition) is 4. The molecule has 0 aliphatic carbocycles. The fourth-order valence-electron chi connectivity index (χ4n) is 3.33. The minimum Gasteiger partial charge on any atom is -0.480 e. The zero-order chi connectivity index (χ0) is 13.7. The monoisotopic (exact) mass is 270 g/mol. The van der Waals surface area contributed by atoms with Gasteiger partial charge in [-0.3, -0.25) is 9.69 Å². The van der Waals surface area contributed by atoms with Crippen molar-refractivity contribution in [2.75, 3.05) is 32.8 Å². The fraction of sp³-hybridized carbons (Fsp3) is 0.929. The Morgan fingerprint density at radius 3 is 3.05 bits per heavy atom. The molecule has 0 saturated carbocycles. The molecule has 0 bridgehead atoms. The van der Waals surface area contributed by atoms with Crippen LogP contribution in [-0.4, -0.2) is 60.4 Å². The number of nitrogens with one attached hydrogen (secondary N) is 1.